The third kappa shape index (κ3) is 4.85. The van der Waals surface area contributed by atoms with E-state index < -0.39 is 11.2 Å². The number of alkyl halides is 1. The topological polar surface area (TPSA) is 49.7 Å². The molecule has 0 aromatic rings. The quantitative estimate of drug-likeness (QED) is 0.458. The van der Waals surface area contributed by atoms with Crippen LogP contribution in [0, 0.1) is 0 Å². The van der Waals surface area contributed by atoms with Crippen molar-refractivity contribution in [3.8, 4) is 0 Å². The Morgan fingerprint density at radius 3 is 2.69 bits per heavy atom. The summed E-state index contributed by atoms with van der Waals surface area (Å²) in [6, 6.07) is 0. The summed E-state index contributed by atoms with van der Waals surface area (Å²) in [7, 11) is 0. The SMILES string of the molecule is CC(C)(O)CCOCC1(O)CCCCC1I. The van der Waals surface area contributed by atoms with Crippen LogP contribution in [0.25, 0.3) is 0 Å². The maximum Gasteiger partial charge on any atom is 0.0996 e. The van der Waals surface area contributed by atoms with E-state index in [1.165, 1.54) is 6.42 Å². The van der Waals surface area contributed by atoms with Crippen molar-refractivity contribution in [3.63, 3.8) is 0 Å². The zero-order chi connectivity index (χ0) is 12.2. The molecule has 16 heavy (non-hydrogen) atoms. The van der Waals surface area contributed by atoms with Crippen molar-refractivity contribution in [1.29, 1.82) is 0 Å². The summed E-state index contributed by atoms with van der Waals surface area (Å²) < 4.78 is 5.80. The van der Waals surface area contributed by atoms with Gasteiger partial charge in [0, 0.05) is 10.5 Å². The Morgan fingerprint density at radius 2 is 2.12 bits per heavy atom. The lowest BCUT2D eigenvalue weighted by Gasteiger charge is -2.36. The van der Waals surface area contributed by atoms with E-state index >= 15 is 0 Å². The van der Waals surface area contributed by atoms with Crippen LogP contribution in [0.2, 0.25) is 0 Å². The first-order valence-corrected chi connectivity index (χ1v) is 7.25. The minimum atomic E-state index is -0.682. The molecule has 0 radical (unpaired) electrons. The van der Waals surface area contributed by atoms with Gasteiger partial charge in [-0.2, -0.15) is 0 Å². The standard InChI is InChI=1S/C12H23IO3/c1-11(2,14)7-8-16-9-12(15)6-4-3-5-10(12)13/h10,14-15H,3-9H2,1-2H3. The Labute approximate surface area is 112 Å². The number of ether oxygens (including phenoxy) is 1. The Balaban J connectivity index is 2.25. The van der Waals surface area contributed by atoms with Gasteiger partial charge in [-0.1, -0.05) is 35.4 Å². The van der Waals surface area contributed by atoms with Crippen LogP contribution in [-0.2, 0) is 4.74 Å². The highest BCUT2D eigenvalue weighted by atomic mass is 127. The van der Waals surface area contributed by atoms with Crippen molar-refractivity contribution in [3.05, 3.63) is 0 Å². The molecule has 0 heterocycles. The second-order valence-corrected chi connectivity index (χ2v) is 6.94. The van der Waals surface area contributed by atoms with Gasteiger partial charge in [-0.25, -0.2) is 0 Å². The van der Waals surface area contributed by atoms with Crippen molar-refractivity contribution in [2.75, 3.05) is 13.2 Å². The van der Waals surface area contributed by atoms with Crippen LogP contribution in [0.4, 0.5) is 0 Å². The van der Waals surface area contributed by atoms with E-state index in [0.29, 0.717) is 23.6 Å². The van der Waals surface area contributed by atoms with Crippen molar-refractivity contribution < 1.29 is 14.9 Å². The largest absolute Gasteiger partial charge is 0.390 e. The summed E-state index contributed by atoms with van der Waals surface area (Å²) in [6.07, 6.45) is 4.81. The second-order valence-electron chi connectivity index (χ2n) is 5.43. The highest BCUT2D eigenvalue weighted by Gasteiger charge is 2.37. The smallest absolute Gasteiger partial charge is 0.0996 e. The molecule has 0 aromatic heterocycles. The summed E-state index contributed by atoms with van der Waals surface area (Å²) in [5.41, 5.74) is -1.34. The van der Waals surface area contributed by atoms with Crippen molar-refractivity contribution >= 4 is 22.6 Å². The van der Waals surface area contributed by atoms with Gasteiger partial charge in [0.25, 0.3) is 0 Å². The fraction of sp³-hybridized carbons (Fsp3) is 1.00. The monoisotopic (exact) mass is 342 g/mol. The zero-order valence-electron chi connectivity index (χ0n) is 10.2. The molecule has 1 aliphatic rings. The molecule has 0 amide bonds. The third-order valence-corrected chi connectivity index (χ3v) is 4.89. The Hall–Kier alpha value is 0.610. The second kappa shape index (κ2) is 5.98. The van der Waals surface area contributed by atoms with Crippen LogP contribution in [0.1, 0.15) is 46.0 Å². The predicted octanol–water partition coefficient (Wildman–Crippen LogP) is 2.27. The first-order valence-electron chi connectivity index (χ1n) is 6.00. The van der Waals surface area contributed by atoms with E-state index in [0.717, 1.165) is 19.3 Å². The van der Waals surface area contributed by atoms with Crippen LogP contribution in [0.3, 0.4) is 0 Å². The molecular weight excluding hydrogens is 319 g/mol. The molecule has 2 N–H and O–H groups in total. The molecule has 1 rings (SSSR count). The third-order valence-electron chi connectivity index (χ3n) is 3.11. The van der Waals surface area contributed by atoms with E-state index in [4.69, 9.17) is 4.74 Å². The number of hydrogen-bond donors (Lipinski definition) is 2. The molecule has 1 aliphatic carbocycles. The molecule has 1 saturated carbocycles. The van der Waals surface area contributed by atoms with Crippen LogP contribution >= 0.6 is 22.6 Å². The maximum atomic E-state index is 10.4. The summed E-state index contributed by atoms with van der Waals surface area (Å²) >= 11 is 2.32. The molecule has 0 aromatic carbocycles. The molecule has 96 valence electrons. The van der Waals surface area contributed by atoms with Gasteiger partial charge in [0.1, 0.15) is 0 Å². The fourth-order valence-corrected chi connectivity index (χ4v) is 2.84. The van der Waals surface area contributed by atoms with Gasteiger partial charge in [-0.15, -0.1) is 0 Å². The lowest BCUT2D eigenvalue weighted by atomic mass is 9.85. The molecule has 0 saturated heterocycles. The van der Waals surface area contributed by atoms with Crippen LogP contribution in [0.15, 0.2) is 0 Å². The number of halogens is 1. The zero-order valence-corrected chi connectivity index (χ0v) is 12.4. The van der Waals surface area contributed by atoms with Crippen LogP contribution in [-0.4, -0.2) is 38.6 Å². The Kier molecular flexibility index (Phi) is 5.48. The van der Waals surface area contributed by atoms with E-state index in [2.05, 4.69) is 22.6 Å². The first-order chi connectivity index (χ1) is 7.33. The predicted molar refractivity (Wildman–Crippen MR) is 73.0 cm³/mol. The molecule has 0 bridgehead atoms. The molecule has 2 unspecified atom stereocenters. The highest BCUT2D eigenvalue weighted by molar-refractivity contribution is 14.1. The average Bonchev–Trinajstić information content (AvgIpc) is 2.17. The van der Waals surface area contributed by atoms with E-state index in [1.54, 1.807) is 13.8 Å². The van der Waals surface area contributed by atoms with Gasteiger partial charge in [0.15, 0.2) is 0 Å². The summed E-state index contributed by atoms with van der Waals surface area (Å²) in [5, 5.41) is 19.9. The van der Waals surface area contributed by atoms with Crippen LogP contribution < -0.4 is 0 Å². The number of rotatable bonds is 5. The van der Waals surface area contributed by atoms with Gasteiger partial charge in [-0.05, 0) is 33.1 Å². The molecule has 0 aliphatic heterocycles. The van der Waals surface area contributed by atoms with Gasteiger partial charge in [0.05, 0.1) is 17.8 Å². The molecule has 0 spiro atoms. The minimum Gasteiger partial charge on any atom is -0.390 e. The van der Waals surface area contributed by atoms with Gasteiger partial charge < -0.3 is 14.9 Å². The lowest BCUT2D eigenvalue weighted by molar-refractivity contribution is -0.0698. The summed E-state index contributed by atoms with van der Waals surface area (Å²) in [6.45, 7) is 4.45. The van der Waals surface area contributed by atoms with Gasteiger partial charge in [-0.3, -0.25) is 0 Å². The maximum absolute atomic E-state index is 10.4. The molecule has 4 heteroatoms. The van der Waals surface area contributed by atoms with Crippen molar-refractivity contribution in [2.45, 2.75) is 61.1 Å². The summed E-state index contributed by atoms with van der Waals surface area (Å²) in [4.78, 5) is 0. The Morgan fingerprint density at radius 1 is 1.44 bits per heavy atom. The van der Waals surface area contributed by atoms with Gasteiger partial charge >= 0.3 is 0 Å². The molecule has 3 nitrogen and oxygen atoms in total. The highest BCUT2D eigenvalue weighted by Crippen LogP contribution is 2.34. The van der Waals surface area contributed by atoms with E-state index in [9.17, 15) is 10.2 Å². The van der Waals surface area contributed by atoms with Gasteiger partial charge in [0.2, 0.25) is 0 Å². The number of aliphatic hydroxyl groups is 2. The molecule has 2 atom stereocenters. The average molecular weight is 342 g/mol. The van der Waals surface area contributed by atoms with E-state index in [-0.39, 0.29) is 0 Å². The normalized spacial score (nSPS) is 31.7. The van der Waals surface area contributed by atoms with E-state index in [1.807, 2.05) is 0 Å². The fourth-order valence-electron chi connectivity index (χ4n) is 1.91. The Bertz CT molecular complexity index is 215. The summed E-state index contributed by atoms with van der Waals surface area (Å²) in [5.74, 6) is 0. The number of hydrogen-bond acceptors (Lipinski definition) is 3. The molecule has 1 fully saturated rings. The van der Waals surface area contributed by atoms with Crippen LogP contribution in [0.5, 0.6) is 0 Å². The van der Waals surface area contributed by atoms with Crippen molar-refractivity contribution in [1.82, 2.24) is 0 Å². The minimum absolute atomic E-state index is 0.293. The first kappa shape index (κ1) is 14.7. The lowest BCUT2D eigenvalue weighted by Crippen LogP contribution is -2.45. The molecular formula is C12H23IO3. The van der Waals surface area contributed by atoms with Crippen molar-refractivity contribution in [2.24, 2.45) is 0 Å².